The van der Waals surface area contributed by atoms with Crippen molar-refractivity contribution in [3.05, 3.63) is 65.7 Å². The SMILES string of the molecule is O=C(CN1C(=O)/C(=C/c2ccccc2F)Oc2ccccc21)NCCCN1CCCC1=O. The van der Waals surface area contributed by atoms with Gasteiger partial charge in [-0.15, -0.1) is 0 Å². The van der Waals surface area contributed by atoms with Crippen molar-refractivity contribution in [3.8, 4) is 5.75 Å². The van der Waals surface area contributed by atoms with Crippen molar-refractivity contribution >= 4 is 29.5 Å². The summed E-state index contributed by atoms with van der Waals surface area (Å²) < 4.78 is 19.8. The van der Waals surface area contributed by atoms with E-state index in [1.807, 2.05) is 0 Å². The molecule has 2 aromatic rings. The minimum atomic E-state index is -0.523. The molecule has 0 aromatic heterocycles. The lowest BCUT2D eigenvalue weighted by Crippen LogP contribution is -2.44. The average molecular weight is 437 g/mol. The van der Waals surface area contributed by atoms with Crippen LogP contribution in [0.2, 0.25) is 0 Å². The predicted molar refractivity (Wildman–Crippen MR) is 117 cm³/mol. The zero-order valence-corrected chi connectivity index (χ0v) is 17.6. The molecule has 7 nitrogen and oxygen atoms in total. The molecule has 0 unspecified atom stereocenters. The Hall–Kier alpha value is -3.68. The Morgan fingerprint density at radius 1 is 1.12 bits per heavy atom. The van der Waals surface area contributed by atoms with Gasteiger partial charge in [0.25, 0.3) is 5.91 Å². The Balaban J connectivity index is 1.43. The number of halogens is 1. The van der Waals surface area contributed by atoms with Gasteiger partial charge in [-0.25, -0.2) is 4.39 Å². The highest BCUT2D eigenvalue weighted by atomic mass is 19.1. The largest absolute Gasteiger partial charge is 0.449 e. The highest BCUT2D eigenvalue weighted by Gasteiger charge is 2.31. The molecule has 0 atom stereocenters. The van der Waals surface area contributed by atoms with Crippen molar-refractivity contribution < 1.29 is 23.5 Å². The number of anilines is 1. The second-order valence-corrected chi connectivity index (χ2v) is 7.68. The Labute approximate surface area is 185 Å². The summed E-state index contributed by atoms with van der Waals surface area (Å²) in [6, 6.07) is 13.0. The van der Waals surface area contributed by atoms with Gasteiger partial charge >= 0.3 is 0 Å². The third-order valence-corrected chi connectivity index (χ3v) is 5.42. The molecule has 32 heavy (non-hydrogen) atoms. The van der Waals surface area contributed by atoms with E-state index < -0.39 is 11.7 Å². The number of hydrogen-bond acceptors (Lipinski definition) is 4. The van der Waals surface area contributed by atoms with Crippen LogP contribution in [0.5, 0.6) is 5.75 Å². The van der Waals surface area contributed by atoms with E-state index in [9.17, 15) is 18.8 Å². The first-order chi connectivity index (χ1) is 15.5. The summed E-state index contributed by atoms with van der Waals surface area (Å²) in [5, 5.41) is 2.80. The van der Waals surface area contributed by atoms with E-state index in [2.05, 4.69) is 5.32 Å². The summed E-state index contributed by atoms with van der Waals surface area (Å²) in [6.07, 6.45) is 3.45. The molecule has 0 aliphatic carbocycles. The zero-order chi connectivity index (χ0) is 22.5. The number of hydrogen-bond donors (Lipinski definition) is 1. The molecule has 2 aliphatic rings. The smallest absolute Gasteiger partial charge is 0.294 e. The number of amides is 3. The number of ether oxygens (including phenoxy) is 1. The lowest BCUT2D eigenvalue weighted by molar-refractivity contribution is -0.127. The normalized spacial score (nSPS) is 16.8. The van der Waals surface area contributed by atoms with Gasteiger partial charge in [-0.1, -0.05) is 30.3 Å². The Kier molecular flexibility index (Phi) is 6.49. The molecule has 166 valence electrons. The summed E-state index contributed by atoms with van der Waals surface area (Å²) in [4.78, 5) is 40.4. The van der Waals surface area contributed by atoms with Crippen LogP contribution >= 0.6 is 0 Å². The van der Waals surface area contributed by atoms with Gasteiger partial charge < -0.3 is 15.0 Å². The first-order valence-corrected chi connectivity index (χ1v) is 10.6. The number of fused-ring (bicyclic) bond motifs is 1. The minimum absolute atomic E-state index is 0.0610. The van der Waals surface area contributed by atoms with Crippen molar-refractivity contribution in [2.45, 2.75) is 19.3 Å². The van der Waals surface area contributed by atoms with Crippen molar-refractivity contribution in [2.75, 3.05) is 31.1 Å². The van der Waals surface area contributed by atoms with Crippen LogP contribution in [0.25, 0.3) is 6.08 Å². The summed E-state index contributed by atoms with van der Waals surface area (Å²) >= 11 is 0. The number of likely N-dealkylation sites (tertiary alicyclic amines) is 1. The summed E-state index contributed by atoms with van der Waals surface area (Å²) in [5.41, 5.74) is 0.692. The van der Waals surface area contributed by atoms with Crippen LogP contribution in [0.1, 0.15) is 24.8 Å². The maximum Gasteiger partial charge on any atom is 0.294 e. The lowest BCUT2D eigenvalue weighted by atomic mass is 10.1. The highest BCUT2D eigenvalue weighted by Crippen LogP contribution is 2.35. The molecule has 3 amide bonds. The molecule has 0 saturated carbocycles. The molecule has 1 fully saturated rings. The molecule has 0 radical (unpaired) electrons. The van der Waals surface area contributed by atoms with E-state index in [4.69, 9.17) is 4.74 Å². The van der Waals surface area contributed by atoms with E-state index >= 15 is 0 Å². The third-order valence-electron chi connectivity index (χ3n) is 5.42. The Bertz CT molecular complexity index is 1070. The van der Waals surface area contributed by atoms with Gasteiger partial charge in [0.05, 0.1) is 5.69 Å². The van der Waals surface area contributed by atoms with E-state index in [-0.39, 0.29) is 29.7 Å². The predicted octanol–water partition coefficient (Wildman–Crippen LogP) is 2.72. The molecule has 8 heteroatoms. The Morgan fingerprint density at radius 2 is 1.91 bits per heavy atom. The van der Waals surface area contributed by atoms with Crippen molar-refractivity contribution in [1.29, 1.82) is 0 Å². The molecular formula is C24H24FN3O4. The zero-order valence-electron chi connectivity index (χ0n) is 17.6. The third kappa shape index (κ3) is 4.80. The van der Waals surface area contributed by atoms with Crippen LogP contribution in [0.3, 0.4) is 0 Å². The fourth-order valence-electron chi connectivity index (χ4n) is 3.79. The topological polar surface area (TPSA) is 79.0 Å². The molecule has 2 heterocycles. The molecule has 2 aromatic carbocycles. The van der Waals surface area contributed by atoms with Gasteiger partial charge in [0.15, 0.2) is 11.5 Å². The lowest BCUT2D eigenvalue weighted by Gasteiger charge is -2.30. The fourth-order valence-corrected chi connectivity index (χ4v) is 3.79. The van der Waals surface area contributed by atoms with Crippen LogP contribution in [0.4, 0.5) is 10.1 Å². The number of carbonyl (C=O) groups excluding carboxylic acids is 3. The van der Waals surface area contributed by atoms with Gasteiger partial charge in [0.2, 0.25) is 11.8 Å². The highest BCUT2D eigenvalue weighted by molar-refractivity contribution is 6.12. The number of rotatable bonds is 7. The van der Waals surface area contributed by atoms with Crippen LogP contribution in [0, 0.1) is 5.82 Å². The molecule has 2 aliphatic heterocycles. The molecule has 1 N–H and O–H groups in total. The number of nitrogens with zero attached hydrogens (tertiary/aromatic N) is 2. The van der Waals surface area contributed by atoms with Gasteiger partial charge in [-0.05, 0) is 37.1 Å². The second kappa shape index (κ2) is 9.64. The van der Waals surface area contributed by atoms with Gasteiger partial charge in [-0.3, -0.25) is 19.3 Å². The summed E-state index contributed by atoms with van der Waals surface area (Å²) in [6.45, 7) is 1.58. The van der Waals surface area contributed by atoms with E-state index in [0.717, 1.165) is 13.0 Å². The maximum absolute atomic E-state index is 14.1. The van der Waals surface area contributed by atoms with Crippen LogP contribution in [-0.4, -0.2) is 48.8 Å². The van der Waals surface area contributed by atoms with Crippen LogP contribution < -0.4 is 15.0 Å². The Morgan fingerprint density at radius 3 is 2.69 bits per heavy atom. The molecular weight excluding hydrogens is 413 g/mol. The van der Waals surface area contributed by atoms with Crippen molar-refractivity contribution in [2.24, 2.45) is 0 Å². The number of para-hydroxylation sites is 2. The molecule has 1 saturated heterocycles. The average Bonchev–Trinajstić information content (AvgIpc) is 3.20. The monoisotopic (exact) mass is 437 g/mol. The van der Waals surface area contributed by atoms with Gasteiger partial charge in [-0.2, -0.15) is 0 Å². The van der Waals surface area contributed by atoms with Crippen LogP contribution in [-0.2, 0) is 14.4 Å². The van der Waals surface area contributed by atoms with E-state index in [1.165, 1.54) is 17.0 Å². The minimum Gasteiger partial charge on any atom is -0.449 e. The first kappa shape index (κ1) is 21.5. The number of carbonyl (C=O) groups is 3. The summed E-state index contributed by atoms with van der Waals surface area (Å²) in [7, 11) is 0. The quantitative estimate of drug-likeness (QED) is 0.534. The maximum atomic E-state index is 14.1. The standard InChI is InChI=1S/C24H24FN3O4/c25-18-8-2-1-7-17(18)15-21-24(31)28(19-9-3-4-10-20(19)32-21)16-22(29)26-12-6-14-27-13-5-11-23(27)30/h1-4,7-10,15H,5-6,11-14,16H2,(H,26,29)/b21-15-. The first-order valence-electron chi connectivity index (χ1n) is 10.6. The second-order valence-electron chi connectivity index (χ2n) is 7.68. The van der Waals surface area contributed by atoms with Crippen molar-refractivity contribution in [1.82, 2.24) is 10.2 Å². The van der Waals surface area contributed by atoms with Gasteiger partial charge in [0.1, 0.15) is 12.4 Å². The number of nitrogens with one attached hydrogen (secondary N) is 1. The van der Waals surface area contributed by atoms with E-state index in [0.29, 0.717) is 37.4 Å². The van der Waals surface area contributed by atoms with E-state index in [1.54, 1.807) is 47.4 Å². The van der Waals surface area contributed by atoms with Gasteiger partial charge in [0, 0.05) is 31.6 Å². The fraction of sp³-hybridized carbons (Fsp3) is 0.292. The van der Waals surface area contributed by atoms with Crippen LogP contribution in [0.15, 0.2) is 54.3 Å². The van der Waals surface area contributed by atoms with Crippen molar-refractivity contribution in [3.63, 3.8) is 0 Å². The molecule has 0 bridgehead atoms. The summed E-state index contributed by atoms with van der Waals surface area (Å²) in [5.74, 6) is -0.820. The molecule has 4 rings (SSSR count). The number of benzene rings is 2. The molecule has 0 spiro atoms.